The molecule has 0 amide bonds. The smallest absolute Gasteiger partial charge is 0.134 e. The lowest BCUT2D eigenvalue weighted by atomic mass is 10.1. The van der Waals surface area contributed by atoms with E-state index in [4.69, 9.17) is 5.21 Å². The van der Waals surface area contributed by atoms with Crippen molar-refractivity contribution in [1.82, 2.24) is 9.55 Å². The maximum atomic E-state index is 13.7. The quantitative estimate of drug-likeness (QED) is 0.478. The molecule has 0 spiro atoms. The second-order valence-electron chi connectivity index (χ2n) is 3.29. The number of halogens is 1. The molecule has 82 valence electrons. The fraction of sp³-hybridized carbons (Fsp3) is 0.0909. The van der Waals surface area contributed by atoms with Gasteiger partial charge in [-0.15, -0.1) is 0 Å². The molecule has 16 heavy (non-hydrogen) atoms. The van der Waals surface area contributed by atoms with Gasteiger partial charge in [0.2, 0.25) is 0 Å². The highest BCUT2D eigenvalue weighted by Gasteiger charge is 2.12. The SMILES string of the molecule is C/C(=N\O)c1c(F)cccc1-n1ccnc1. The molecule has 1 N–H and O–H groups in total. The topological polar surface area (TPSA) is 50.4 Å². The lowest BCUT2D eigenvalue weighted by Gasteiger charge is -2.09. The summed E-state index contributed by atoms with van der Waals surface area (Å²) in [5.74, 6) is -0.429. The van der Waals surface area contributed by atoms with Crippen molar-refractivity contribution in [2.24, 2.45) is 5.16 Å². The number of hydrogen-bond donors (Lipinski definition) is 1. The number of benzene rings is 1. The predicted molar refractivity (Wildman–Crippen MR) is 57.5 cm³/mol. The van der Waals surface area contributed by atoms with Crippen LogP contribution in [0.5, 0.6) is 0 Å². The number of oxime groups is 1. The third kappa shape index (κ3) is 1.67. The van der Waals surface area contributed by atoms with Crippen molar-refractivity contribution in [2.75, 3.05) is 0 Å². The summed E-state index contributed by atoms with van der Waals surface area (Å²) in [6.45, 7) is 1.54. The van der Waals surface area contributed by atoms with Crippen molar-refractivity contribution in [3.63, 3.8) is 0 Å². The van der Waals surface area contributed by atoms with Gasteiger partial charge < -0.3 is 9.77 Å². The Kier molecular flexibility index (Phi) is 2.68. The zero-order valence-electron chi connectivity index (χ0n) is 8.63. The van der Waals surface area contributed by atoms with Crippen LogP contribution in [0.1, 0.15) is 12.5 Å². The molecule has 0 fully saturated rings. The molecule has 2 aromatic rings. The number of nitrogens with zero attached hydrogens (tertiary/aromatic N) is 3. The number of rotatable bonds is 2. The second kappa shape index (κ2) is 4.14. The third-order valence-electron chi connectivity index (χ3n) is 2.29. The van der Waals surface area contributed by atoms with Crippen molar-refractivity contribution in [1.29, 1.82) is 0 Å². The normalized spacial score (nSPS) is 11.8. The van der Waals surface area contributed by atoms with E-state index in [1.165, 1.54) is 6.07 Å². The largest absolute Gasteiger partial charge is 0.411 e. The molecule has 0 atom stereocenters. The maximum Gasteiger partial charge on any atom is 0.134 e. The Labute approximate surface area is 91.7 Å². The van der Waals surface area contributed by atoms with Gasteiger partial charge in [-0.1, -0.05) is 11.2 Å². The fourth-order valence-electron chi connectivity index (χ4n) is 1.54. The molecular weight excluding hydrogens is 209 g/mol. The monoisotopic (exact) mass is 219 g/mol. The Morgan fingerprint density at radius 1 is 1.50 bits per heavy atom. The Hall–Kier alpha value is -2.17. The summed E-state index contributed by atoms with van der Waals surface area (Å²) in [6.07, 6.45) is 4.85. The van der Waals surface area contributed by atoms with E-state index in [9.17, 15) is 4.39 Å². The summed E-state index contributed by atoms with van der Waals surface area (Å²) >= 11 is 0. The molecular formula is C11H10FN3O. The Balaban J connectivity index is 2.67. The van der Waals surface area contributed by atoms with Crippen LogP contribution >= 0.6 is 0 Å². The molecule has 0 aliphatic rings. The average molecular weight is 219 g/mol. The van der Waals surface area contributed by atoms with Crippen LogP contribution in [0.2, 0.25) is 0 Å². The highest BCUT2D eigenvalue weighted by atomic mass is 19.1. The van der Waals surface area contributed by atoms with Gasteiger partial charge in [0.15, 0.2) is 0 Å². The molecule has 0 aliphatic carbocycles. The van der Waals surface area contributed by atoms with E-state index in [2.05, 4.69) is 10.1 Å². The summed E-state index contributed by atoms with van der Waals surface area (Å²) < 4.78 is 15.3. The Morgan fingerprint density at radius 2 is 2.31 bits per heavy atom. The van der Waals surface area contributed by atoms with E-state index in [0.29, 0.717) is 5.69 Å². The van der Waals surface area contributed by atoms with Gasteiger partial charge in [0, 0.05) is 12.4 Å². The van der Waals surface area contributed by atoms with Crippen LogP contribution in [-0.2, 0) is 0 Å². The van der Waals surface area contributed by atoms with Gasteiger partial charge in [0.25, 0.3) is 0 Å². The molecule has 0 unspecified atom stereocenters. The zero-order chi connectivity index (χ0) is 11.5. The summed E-state index contributed by atoms with van der Waals surface area (Å²) in [4.78, 5) is 3.89. The molecule has 4 nitrogen and oxygen atoms in total. The van der Waals surface area contributed by atoms with Gasteiger partial charge >= 0.3 is 0 Å². The number of imidazole rings is 1. The van der Waals surface area contributed by atoms with Crippen molar-refractivity contribution in [3.8, 4) is 5.69 Å². The minimum Gasteiger partial charge on any atom is -0.411 e. The summed E-state index contributed by atoms with van der Waals surface area (Å²) in [7, 11) is 0. The lowest BCUT2D eigenvalue weighted by Crippen LogP contribution is -2.06. The molecule has 0 aliphatic heterocycles. The van der Waals surface area contributed by atoms with E-state index >= 15 is 0 Å². The van der Waals surface area contributed by atoms with Crippen LogP contribution in [-0.4, -0.2) is 20.5 Å². The standard InChI is InChI=1S/C11H10FN3O/c1-8(14-16)11-9(12)3-2-4-10(11)15-6-5-13-7-15/h2-7,16H,1H3/b14-8+. The summed E-state index contributed by atoms with van der Waals surface area (Å²) in [5.41, 5.74) is 1.08. The third-order valence-corrected chi connectivity index (χ3v) is 2.29. The Morgan fingerprint density at radius 3 is 2.94 bits per heavy atom. The highest BCUT2D eigenvalue weighted by molar-refractivity contribution is 6.01. The Bertz CT molecular complexity index is 520. The van der Waals surface area contributed by atoms with Gasteiger partial charge in [-0.3, -0.25) is 0 Å². The van der Waals surface area contributed by atoms with Gasteiger partial charge in [-0.25, -0.2) is 9.37 Å². The first-order valence-corrected chi connectivity index (χ1v) is 4.70. The minimum atomic E-state index is -0.429. The molecule has 2 rings (SSSR count). The molecule has 0 saturated heterocycles. The van der Waals surface area contributed by atoms with Crippen LogP contribution in [0.4, 0.5) is 4.39 Å². The van der Waals surface area contributed by atoms with Crippen LogP contribution in [0, 0.1) is 5.82 Å². The fourth-order valence-corrected chi connectivity index (χ4v) is 1.54. The van der Waals surface area contributed by atoms with E-state index in [1.807, 2.05) is 0 Å². The molecule has 1 heterocycles. The first-order valence-electron chi connectivity index (χ1n) is 4.70. The van der Waals surface area contributed by atoms with Crippen LogP contribution in [0.25, 0.3) is 5.69 Å². The highest BCUT2D eigenvalue weighted by Crippen LogP contribution is 2.18. The first kappa shape index (κ1) is 10.4. The van der Waals surface area contributed by atoms with Crippen LogP contribution in [0.15, 0.2) is 42.1 Å². The predicted octanol–water partition coefficient (Wildman–Crippen LogP) is 2.21. The maximum absolute atomic E-state index is 13.7. The van der Waals surface area contributed by atoms with Crippen LogP contribution in [0.3, 0.4) is 0 Å². The molecule has 5 heteroatoms. The molecule has 1 aromatic carbocycles. The molecule has 0 saturated carbocycles. The van der Waals surface area contributed by atoms with E-state index < -0.39 is 5.82 Å². The van der Waals surface area contributed by atoms with Crippen molar-refractivity contribution in [2.45, 2.75) is 6.92 Å². The first-order chi connectivity index (χ1) is 7.74. The van der Waals surface area contributed by atoms with E-state index in [1.54, 1.807) is 42.3 Å². The molecule has 0 bridgehead atoms. The second-order valence-corrected chi connectivity index (χ2v) is 3.29. The van der Waals surface area contributed by atoms with Gasteiger partial charge in [0.1, 0.15) is 5.82 Å². The zero-order valence-corrected chi connectivity index (χ0v) is 8.63. The summed E-state index contributed by atoms with van der Waals surface area (Å²) in [6, 6.07) is 4.65. The van der Waals surface area contributed by atoms with Gasteiger partial charge in [-0.05, 0) is 19.1 Å². The molecule has 1 aromatic heterocycles. The van der Waals surface area contributed by atoms with Crippen molar-refractivity contribution in [3.05, 3.63) is 48.3 Å². The summed E-state index contributed by atoms with van der Waals surface area (Å²) in [5, 5.41) is 11.8. The van der Waals surface area contributed by atoms with Gasteiger partial charge in [-0.2, -0.15) is 0 Å². The van der Waals surface area contributed by atoms with Gasteiger partial charge in [0.05, 0.1) is 23.3 Å². The average Bonchev–Trinajstić information content (AvgIpc) is 2.81. The number of hydrogen-bond acceptors (Lipinski definition) is 3. The molecule has 0 radical (unpaired) electrons. The van der Waals surface area contributed by atoms with Crippen LogP contribution < -0.4 is 0 Å². The lowest BCUT2D eigenvalue weighted by molar-refractivity contribution is 0.319. The minimum absolute atomic E-state index is 0.224. The van der Waals surface area contributed by atoms with Crippen molar-refractivity contribution < 1.29 is 9.60 Å². The van der Waals surface area contributed by atoms with E-state index in [0.717, 1.165) is 0 Å². The number of aromatic nitrogens is 2. The van der Waals surface area contributed by atoms with E-state index in [-0.39, 0.29) is 11.3 Å². The van der Waals surface area contributed by atoms with Crippen molar-refractivity contribution >= 4 is 5.71 Å².